The number of rotatable bonds is 2. The summed E-state index contributed by atoms with van der Waals surface area (Å²) in [5.74, 6) is -1.43. The van der Waals surface area contributed by atoms with Crippen molar-refractivity contribution < 1.29 is 13.7 Å². The van der Waals surface area contributed by atoms with Gasteiger partial charge in [0.05, 0.1) is 5.56 Å². The summed E-state index contributed by atoms with van der Waals surface area (Å²) in [5.41, 5.74) is -0.236. The minimum absolute atomic E-state index is 0.236. The Morgan fingerprint density at radius 2 is 2.08 bits per heavy atom. The Morgan fingerprint density at radius 1 is 1.42 bits per heavy atom. The summed E-state index contributed by atoms with van der Waals surface area (Å²) in [6, 6.07) is 2.60. The molecule has 0 amide bonds. The van der Waals surface area contributed by atoms with E-state index in [4.69, 9.17) is 0 Å². The fourth-order valence-corrected chi connectivity index (χ4v) is 0.804. The lowest BCUT2D eigenvalue weighted by Crippen LogP contribution is -2.01. The van der Waals surface area contributed by atoms with Crippen molar-refractivity contribution in [3.63, 3.8) is 0 Å². The summed E-state index contributed by atoms with van der Waals surface area (Å²) < 4.78 is 25.1. The molecule has 0 atom stereocenters. The molecule has 0 radical (unpaired) electrons. The molecule has 12 heavy (non-hydrogen) atoms. The Hall–Kier alpha value is -1.52. The topological polar surface area (TPSA) is 43.1 Å². The summed E-state index contributed by atoms with van der Waals surface area (Å²) >= 11 is 0. The van der Waals surface area contributed by atoms with Crippen LogP contribution >= 0.6 is 0 Å². The fraction of sp³-hybridized carbons (Fsp3) is 0.143. The Balaban J connectivity index is 2.97. The monoisotopic (exact) mass is 173 g/mol. The molecular weight excluding hydrogens is 168 g/mol. The predicted molar refractivity (Wildman–Crippen MR) is 37.1 cm³/mol. The number of nitro groups is 1. The van der Waals surface area contributed by atoms with Gasteiger partial charge < -0.3 is 0 Å². The van der Waals surface area contributed by atoms with Crippen LogP contribution < -0.4 is 0 Å². The van der Waals surface area contributed by atoms with Gasteiger partial charge in [-0.05, 0) is 18.2 Å². The van der Waals surface area contributed by atoms with E-state index in [-0.39, 0.29) is 5.56 Å². The van der Waals surface area contributed by atoms with Crippen molar-refractivity contribution >= 4 is 0 Å². The Labute approximate surface area is 66.8 Å². The van der Waals surface area contributed by atoms with Gasteiger partial charge >= 0.3 is 0 Å². The van der Waals surface area contributed by atoms with E-state index >= 15 is 0 Å². The molecule has 0 heterocycles. The Bertz CT molecular complexity index is 314. The second-order valence-corrected chi connectivity index (χ2v) is 2.23. The third-order valence-electron chi connectivity index (χ3n) is 1.31. The van der Waals surface area contributed by atoms with Crippen LogP contribution in [0.2, 0.25) is 0 Å². The van der Waals surface area contributed by atoms with Crippen molar-refractivity contribution in [3.8, 4) is 0 Å². The van der Waals surface area contributed by atoms with Crippen molar-refractivity contribution in [2.24, 2.45) is 0 Å². The molecule has 0 spiro atoms. The van der Waals surface area contributed by atoms with Crippen molar-refractivity contribution in [3.05, 3.63) is 45.5 Å². The van der Waals surface area contributed by atoms with Crippen LogP contribution in [0.5, 0.6) is 0 Å². The van der Waals surface area contributed by atoms with Gasteiger partial charge in [0.2, 0.25) is 6.54 Å². The van der Waals surface area contributed by atoms with Gasteiger partial charge in [-0.15, -0.1) is 0 Å². The normalized spacial score (nSPS) is 9.83. The summed E-state index contributed by atoms with van der Waals surface area (Å²) in [6.07, 6.45) is 0. The van der Waals surface area contributed by atoms with Crippen LogP contribution in [-0.2, 0) is 6.54 Å². The molecular formula is C7H5F2NO2. The van der Waals surface area contributed by atoms with E-state index in [9.17, 15) is 18.9 Å². The van der Waals surface area contributed by atoms with Crippen molar-refractivity contribution in [2.45, 2.75) is 6.54 Å². The largest absolute Gasteiger partial charge is 0.264 e. The van der Waals surface area contributed by atoms with E-state index in [1.54, 1.807) is 0 Å². The molecule has 1 aromatic carbocycles. The van der Waals surface area contributed by atoms with Gasteiger partial charge in [0.1, 0.15) is 11.6 Å². The average Bonchev–Trinajstić information content (AvgIpc) is 1.96. The van der Waals surface area contributed by atoms with E-state index in [0.29, 0.717) is 0 Å². The molecule has 0 aromatic heterocycles. The second kappa shape index (κ2) is 3.25. The van der Waals surface area contributed by atoms with Gasteiger partial charge in [-0.25, -0.2) is 8.78 Å². The second-order valence-electron chi connectivity index (χ2n) is 2.23. The smallest absolute Gasteiger partial charge is 0.231 e. The van der Waals surface area contributed by atoms with E-state index in [1.807, 2.05) is 0 Å². The number of hydrogen-bond donors (Lipinski definition) is 0. The number of nitrogens with zero attached hydrogens (tertiary/aromatic N) is 1. The standard InChI is InChI=1S/C7H5F2NO2/c8-6-1-2-7(9)5(3-6)4-10(11)12/h1-3H,4H2. The van der Waals surface area contributed by atoms with Gasteiger partial charge in [-0.1, -0.05) is 0 Å². The Kier molecular flexibility index (Phi) is 2.32. The van der Waals surface area contributed by atoms with Gasteiger partial charge in [-0.3, -0.25) is 10.1 Å². The highest BCUT2D eigenvalue weighted by Crippen LogP contribution is 2.09. The van der Waals surface area contributed by atoms with Crippen LogP contribution in [0.25, 0.3) is 0 Å². The molecule has 0 aliphatic rings. The lowest BCUT2D eigenvalue weighted by Gasteiger charge is -1.96. The zero-order valence-corrected chi connectivity index (χ0v) is 5.96. The van der Waals surface area contributed by atoms with Crippen LogP contribution in [-0.4, -0.2) is 4.92 Å². The molecule has 64 valence electrons. The van der Waals surface area contributed by atoms with Crippen LogP contribution in [0.3, 0.4) is 0 Å². The van der Waals surface area contributed by atoms with E-state index < -0.39 is 23.1 Å². The van der Waals surface area contributed by atoms with Crippen LogP contribution in [0.4, 0.5) is 8.78 Å². The first-order chi connectivity index (χ1) is 5.59. The third kappa shape index (κ3) is 1.98. The molecule has 0 unspecified atom stereocenters. The first-order valence-corrected chi connectivity index (χ1v) is 3.15. The summed E-state index contributed by atoms with van der Waals surface area (Å²) in [7, 11) is 0. The number of hydrogen-bond acceptors (Lipinski definition) is 2. The van der Waals surface area contributed by atoms with Crippen LogP contribution in [0.1, 0.15) is 5.56 Å². The Morgan fingerprint density at radius 3 is 2.67 bits per heavy atom. The molecule has 1 rings (SSSR count). The van der Waals surface area contributed by atoms with Crippen LogP contribution in [0.15, 0.2) is 18.2 Å². The van der Waals surface area contributed by atoms with Gasteiger partial charge in [0.25, 0.3) is 0 Å². The molecule has 0 N–H and O–H groups in total. The summed E-state index contributed by atoms with van der Waals surface area (Å²) in [6.45, 7) is -0.691. The fourth-order valence-electron chi connectivity index (χ4n) is 0.804. The lowest BCUT2D eigenvalue weighted by atomic mass is 10.2. The number of benzene rings is 1. The van der Waals surface area contributed by atoms with Crippen molar-refractivity contribution in [1.82, 2.24) is 0 Å². The molecule has 0 saturated carbocycles. The van der Waals surface area contributed by atoms with E-state index in [0.717, 1.165) is 18.2 Å². The molecule has 0 saturated heterocycles. The molecule has 1 aromatic rings. The molecule has 0 bridgehead atoms. The quantitative estimate of drug-likeness (QED) is 0.505. The maximum absolute atomic E-state index is 12.7. The van der Waals surface area contributed by atoms with E-state index in [1.165, 1.54) is 0 Å². The van der Waals surface area contributed by atoms with Gasteiger partial charge in [0, 0.05) is 4.92 Å². The first-order valence-electron chi connectivity index (χ1n) is 3.15. The molecule has 5 heteroatoms. The zero-order valence-electron chi connectivity index (χ0n) is 5.96. The van der Waals surface area contributed by atoms with E-state index in [2.05, 4.69) is 0 Å². The summed E-state index contributed by atoms with van der Waals surface area (Å²) in [4.78, 5) is 9.24. The first kappa shape index (κ1) is 8.58. The lowest BCUT2D eigenvalue weighted by molar-refractivity contribution is -0.497. The number of halogens is 2. The minimum Gasteiger partial charge on any atom is -0.264 e. The minimum atomic E-state index is -0.756. The molecule has 3 nitrogen and oxygen atoms in total. The zero-order chi connectivity index (χ0) is 9.14. The highest BCUT2D eigenvalue weighted by molar-refractivity contribution is 5.17. The highest BCUT2D eigenvalue weighted by Gasteiger charge is 2.08. The average molecular weight is 173 g/mol. The maximum Gasteiger partial charge on any atom is 0.231 e. The summed E-state index contributed by atoms with van der Waals surface area (Å²) in [5, 5.41) is 9.95. The van der Waals surface area contributed by atoms with Gasteiger partial charge in [0.15, 0.2) is 0 Å². The SMILES string of the molecule is O=[N+]([O-])Cc1cc(F)ccc1F. The molecule has 0 aliphatic carbocycles. The predicted octanol–water partition coefficient (Wildman–Crippen LogP) is 1.74. The molecule has 0 fully saturated rings. The molecule has 0 aliphatic heterocycles. The highest BCUT2D eigenvalue weighted by atomic mass is 19.1. The van der Waals surface area contributed by atoms with Crippen LogP contribution in [0, 0.1) is 21.7 Å². The maximum atomic E-state index is 12.7. The van der Waals surface area contributed by atoms with Gasteiger partial charge in [-0.2, -0.15) is 0 Å². The van der Waals surface area contributed by atoms with Crippen molar-refractivity contribution in [2.75, 3.05) is 0 Å². The third-order valence-corrected chi connectivity index (χ3v) is 1.31. The van der Waals surface area contributed by atoms with Crippen molar-refractivity contribution in [1.29, 1.82) is 0 Å².